The van der Waals surface area contributed by atoms with Gasteiger partial charge in [-0.25, -0.2) is 4.39 Å². The summed E-state index contributed by atoms with van der Waals surface area (Å²) in [6.07, 6.45) is 1.68. The molecule has 0 radical (unpaired) electrons. The van der Waals surface area contributed by atoms with Crippen molar-refractivity contribution < 1.29 is 9.18 Å². The Bertz CT molecular complexity index is 801. The highest BCUT2D eigenvalue weighted by Gasteiger charge is 2.26. The van der Waals surface area contributed by atoms with E-state index in [0.717, 1.165) is 21.3 Å². The zero-order valence-electron chi connectivity index (χ0n) is 11.0. The van der Waals surface area contributed by atoms with Crippen molar-refractivity contribution in [1.29, 1.82) is 0 Å². The summed E-state index contributed by atoms with van der Waals surface area (Å²) in [4.78, 5) is 12.2. The van der Waals surface area contributed by atoms with Gasteiger partial charge in [-0.05, 0) is 48.4 Å². The molecule has 1 aliphatic heterocycles. The minimum absolute atomic E-state index is 0.188. The van der Waals surface area contributed by atoms with Gasteiger partial charge in [-0.2, -0.15) is 0 Å². The summed E-state index contributed by atoms with van der Waals surface area (Å²) in [6, 6.07) is 7.85. The molecule has 3 rings (SSSR count). The van der Waals surface area contributed by atoms with Crippen LogP contribution in [0, 0.1) is 12.7 Å². The van der Waals surface area contributed by atoms with E-state index in [1.807, 2.05) is 19.1 Å². The molecule has 2 aromatic rings. The van der Waals surface area contributed by atoms with Crippen LogP contribution in [-0.2, 0) is 4.79 Å². The van der Waals surface area contributed by atoms with Gasteiger partial charge in [0.2, 0.25) is 0 Å². The second-order valence-corrected chi connectivity index (χ2v) is 6.03. The van der Waals surface area contributed by atoms with Crippen LogP contribution in [0.3, 0.4) is 0 Å². The Hall–Kier alpha value is -1.65. The van der Waals surface area contributed by atoms with Gasteiger partial charge in [-0.3, -0.25) is 4.79 Å². The van der Waals surface area contributed by atoms with Crippen molar-refractivity contribution in [3.63, 3.8) is 0 Å². The van der Waals surface area contributed by atoms with E-state index < -0.39 is 5.82 Å². The van der Waals surface area contributed by atoms with E-state index in [1.165, 1.54) is 12.1 Å². The van der Waals surface area contributed by atoms with Crippen molar-refractivity contribution in [2.45, 2.75) is 6.92 Å². The second-order valence-electron chi connectivity index (χ2n) is 4.77. The van der Waals surface area contributed by atoms with E-state index in [9.17, 15) is 9.18 Å². The van der Waals surface area contributed by atoms with Crippen molar-refractivity contribution in [3.05, 3.63) is 62.3 Å². The predicted octanol–water partition coefficient (Wildman–Crippen LogP) is 5.04. The average Bonchev–Trinajstić information content (AvgIpc) is 2.74. The van der Waals surface area contributed by atoms with Gasteiger partial charge in [0.1, 0.15) is 5.82 Å². The van der Waals surface area contributed by atoms with Crippen molar-refractivity contribution >= 4 is 50.8 Å². The lowest BCUT2D eigenvalue weighted by atomic mass is 9.99. The molecule has 0 saturated carbocycles. The number of hydrogen-bond donors (Lipinski definition) is 1. The highest BCUT2D eigenvalue weighted by Crippen LogP contribution is 2.39. The Morgan fingerprint density at radius 1 is 1.29 bits per heavy atom. The lowest BCUT2D eigenvalue weighted by Gasteiger charge is -2.06. The second kappa shape index (κ2) is 5.28. The maximum absolute atomic E-state index is 13.1. The quantitative estimate of drug-likeness (QED) is 0.704. The van der Waals surface area contributed by atoms with Gasteiger partial charge < -0.3 is 5.32 Å². The smallest absolute Gasteiger partial charge is 0.256 e. The normalized spacial score (nSPS) is 15.2. The van der Waals surface area contributed by atoms with Gasteiger partial charge in [0.25, 0.3) is 5.91 Å². The van der Waals surface area contributed by atoms with Crippen molar-refractivity contribution in [3.8, 4) is 0 Å². The Kier molecular flexibility index (Phi) is 3.59. The maximum atomic E-state index is 13.1. The van der Waals surface area contributed by atoms with Gasteiger partial charge in [0.15, 0.2) is 0 Å². The van der Waals surface area contributed by atoms with Crippen LogP contribution in [0.2, 0.25) is 5.02 Å². The van der Waals surface area contributed by atoms with Gasteiger partial charge in [0.05, 0.1) is 5.02 Å². The molecule has 0 unspecified atom stereocenters. The molecule has 2 nitrogen and oxygen atoms in total. The fraction of sp³-hybridized carbons (Fsp3) is 0.0625. The molecule has 0 spiro atoms. The Balaban J connectivity index is 2.18. The van der Waals surface area contributed by atoms with Crippen LogP contribution in [0.25, 0.3) is 11.6 Å². The number of rotatable bonds is 1. The third-order valence-electron chi connectivity index (χ3n) is 3.42. The summed E-state index contributed by atoms with van der Waals surface area (Å²) in [5.74, 6) is -0.594. The van der Waals surface area contributed by atoms with E-state index in [2.05, 4.69) is 21.2 Å². The summed E-state index contributed by atoms with van der Waals surface area (Å²) in [7, 11) is 0. The van der Waals surface area contributed by atoms with Crippen molar-refractivity contribution in [1.82, 2.24) is 0 Å². The summed E-state index contributed by atoms with van der Waals surface area (Å²) < 4.78 is 14.0. The largest absolute Gasteiger partial charge is 0.321 e. The van der Waals surface area contributed by atoms with E-state index in [1.54, 1.807) is 12.1 Å². The molecule has 0 aromatic heterocycles. The van der Waals surface area contributed by atoms with Crippen LogP contribution in [0.4, 0.5) is 10.1 Å². The maximum Gasteiger partial charge on any atom is 0.256 e. The SMILES string of the molecule is Cc1c(Br)ccc2c1C(=Cc1ccc(F)cc1Cl)C(=O)N2. The highest BCUT2D eigenvalue weighted by atomic mass is 79.9. The zero-order valence-corrected chi connectivity index (χ0v) is 13.3. The molecular weight excluding hydrogens is 357 g/mol. The number of halogens is 3. The van der Waals surface area contributed by atoms with Gasteiger partial charge in [0, 0.05) is 21.3 Å². The molecule has 0 bridgehead atoms. The van der Waals surface area contributed by atoms with Crippen LogP contribution in [0.5, 0.6) is 0 Å². The van der Waals surface area contributed by atoms with Crippen molar-refractivity contribution in [2.75, 3.05) is 5.32 Å². The first-order valence-corrected chi connectivity index (χ1v) is 7.42. The topological polar surface area (TPSA) is 29.1 Å². The lowest BCUT2D eigenvalue weighted by Crippen LogP contribution is -2.03. The summed E-state index contributed by atoms with van der Waals surface area (Å²) in [5, 5.41) is 3.10. The van der Waals surface area contributed by atoms with E-state index in [-0.39, 0.29) is 10.9 Å². The average molecular weight is 367 g/mol. The fourth-order valence-electron chi connectivity index (χ4n) is 2.35. The summed E-state index contributed by atoms with van der Waals surface area (Å²) in [5.41, 5.74) is 3.71. The number of amides is 1. The first kappa shape index (κ1) is 14.3. The molecule has 1 heterocycles. The number of carbonyl (C=O) groups excluding carboxylic acids is 1. The van der Waals surface area contributed by atoms with Crippen LogP contribution in [0.1, 0.15) is 16.7 Å². The van der Waals surface area contributed by atoms with Crippen LogP contribution in [0.15, 0.2) is 34.8 Å². The number of hydrogen-bond acceptors (Lipinski definition) is 1. The molecule has 1 aliphatic rings. The van der Waals surface area contributed by atoms with Crippen molar-refractivity contribution in [2.24, 2.45) is 0 Å². The molecule has 106 valence electrons. The van der Waals surface area contributed by atoms with Gasteiger partial charge in [-0.15, -0.1) is 0 Å². The minimum Gasteiger partial charge on any atom is -0.321 e. The number of carbonyl (C=O) groups is 1. The van der Waals surface area contributed by atoms with Crippen LogP contribution < -0.4 is 5.32 Å². The number of nitrogens with one attached hydrogen (secondary N) is 1. The Morgan fingerprint density at radius 3 is 2.76 bits per heavy atom. The molecule has 0 atom stereocenters. The number of benzene rings is 2. The number of anilines is 1. The summed E-state index contributed by atoms with van der Waals surface area (Å²) >= 11 is 9.49. The fourth-order valence-corrected chi connectivity index (χ4v) is 2.90. The predicted molar refractivity (Wildman–Crippen MR) is 86.8 cm³/mol. The molecule has 0 fully saturated rings. The standard InChI is InChI=1S/C16H10BrClFNO/c1-8-12(17)4-5-14-15(8)11(16(21)20-14)6-9-2-3-10(19)7-13(9)18/h2-7H,1H3,(H,20,21). The van der Waals surface area contributed by atoms with E-state index >= 15 is 0 Å². The molecule has 1 N–H and O–H groups in total. The monoisotopic (exact) mass is 365 g/mol. The number of fused-ring (bicyclic) bond motifs is 1. The van der Waals surface area contributed by atoms with Gasteiger partial charge in [-0.1, -0.05) is 33.6 Å². The first-order valence-electron chi connectivity index (χ1n) is 6.25. The molecule has 2 aromatic carbocycles. The molecular formula is C16H10BrClFNO. The highest BCUT2D eigenvalue weighted by molar-refractivity contribution is 9.10. The Morgan fingerprint density at radius 2 is 2.05 bits per heavy atom. The third-order valence-corrected chi connectivity index (χ3v) is 4.61. The molecule has 1 amide bonds. The van der Waals surface area contributed by atoms with E-state index in [0.29, 0.717) is 11.1 Å². The molecule has 0 aliphatic carbocycles. The minimum atomic E-state index is -0.405. The van der Waals surface area contributed by atoms with Crippen LogP contribution >= 0.6 is 27.5 Å². The molecule has 21 heavy (non-hydrogen) atoms. The third kappa shape index (κ3) is 2.49. The van der Waals surface area contributed by atoms with Crippen LogP contribution in [-0.4, -0.2) is 5.91 Å². The summed E-state index contributed by atoms with van der Waals surface area (Å²) in [6.45, 7) is 1.93. The molecule has 0 saturated heterocycles. The molecule has 5 heteroatoms. The Labute approximate surface area is 134 Å². The first-order chi connectivity index (χ1) is 9.97. The zero-order chi connectivity index (χ0) is 15.1. The van der Waals surface area contributed by atoms with Gasteiger partial charge >= 0.3 is 0 Å². The lowest BCUT2D eigenvalue weighted by molar-refractivity contribution is -0.110. The van der Waals surface area contributed by atoms with E-state index in [4.69, 9.17) is 11.6 Å².